The second-order valence-electron chi connectivity index (χ2n) is 7.03. The summed E-state index contributed by atoms with van der Waals surface area (Å²) < 4.78 is 46.2. The molecule has 8 nitrogen and oxygen atoms in total. The summed E-state index contributed by atoms with van der Waals surface area (Å²) in [7, 11) is 1.61. The molecule has 1 amide bonds. The maximum atomic E-state index is 13.2. The predicted octanol–water partition coefficient (Wildman–Crippen LogP) is 3.84. The highest BCUT2D eigenvalue weighted by atomic mass is 32.2. The number of methoxy groups -OCH3 is 1. The molecule has 1 aromatic carbocycles. The highest BCUT2D eigenvalue weighted by Crippen LogP contribution is 2.31. The summed E-state index contributed by atoms with van der Waals surface area (Å²) in [6.07, 6.45) is -2.02. The maximum Gasteiger partial charge on any atom is 0.417 e. The third-order valence-corrected chi connectivity index (χ3v) is 5.65. The van der Waals surface area contributed by atoms with Crippen molar-refractivity contribution in [1.29, 1.82) is 0 Å². The molecule has 2 N–H and O–H groups in total. The molecule has 2 heterocycles. The minimum atomic E-state index is -4.61. The van der Waals surface area contributed by atoms with Crippen LogP contribution in [-0.2, 0) is 17.5 Å². The summed E-state index contributed by atoms with van der Waals surface area (Å²) in [5.41, 5.74) is -0.807. The van der Waals surface area contributed by atoms with Gasteiger partial charge in [0.25, 0.3) is 5.91 Å². The van der Waals surface area contributed by atoms with Gasteiger partial charge in [0.2, 0.25) is 0 Å². The molecule has 178 valence electrons. The Balaban J connectivity index is 1.75. The van der Waals surface area contributed by atoms with Gasteiger partial charge in [-0.05, 0) is 18.6 Å². The van der Waals surface area contributed by atoms with Crippen molar-refractivity contribution in [3.8, 4) is 0 Å². The van der Waals surface area contributed by atoms with Crippen LogP contribution in [0, 0.1) is 0 Å². The van der Waals surface area contributed by atoms with E-state index in [9.17, 15) is 18.0 Å². The number of carbonyl (C=O) groups is 1. The molecule has 0 unspecified atom stereocenters. The van der Waals surface area contributed by atoms with Crippen LogP contribution in [-0.4, -0.2) is 58.2 Å². The Bertz CT molecular complexity index is 1090. The van der Waals surface area contributed by atoms with Crippen molar-refractivity contribution < 1.29 is 22.7 Å². The summed E-state index contributed by atoms with van der Waals surface area (Å²) in [6, 6.07) is 4.70. The monoisotopic (exact) mass is 482 g/mol. The zero-order valence-corrected chi connectivity index (χ0v) is 19.1. The normalized spacial score (nSPS) is 11.7. The molecule has 0 saturated heterocycles. The second-order valence-corrected chi connectivity index (χ2v) is 8.09. The number of anilines is 1. The first kappa shape index (κ1) is 24.8. The Kier molecular flexibility index (Phi) is 8.50. The van der Waals surface area contributed by atoms with E-state index < -0.39 is 23.2 Å². The molecule has 12 heteroatoms. The molecular formula is C21H25F3N6O2S. The van der Waals surface area contributed by atoms with E-state index >= 15 is 0 Å². The largest absolute Gasteiger partial charge is 0.417 e. The number of thioether (sulfide) groups is 1. The predicted molar refractivity (Wildman–Crippen MR) is 120 cm³/mol. The first-order chi connectivity index (χ1) is 15.8. The number of halogens is 3. The smallest absolute Gasteiger partial charge is 0.383 e. The Morgan fingerprint density at radius 2 is 2.00 bits per heavy atom. The van der Waals surface area contributed by atoms with Gasteiger partial charge in [-0.15, -0.1) is 0 Å². The number of fused-ring (bicyclic) bond motifs is 1. The Morgan fingerprint density at radius 3 is 2.73 bits per heavy atom. The summed E-state index contributed by atoms with van der Waals surface area (Å²) >= 11 is 1.52. The van der Waals surface area contributed by atoms with E-state index in [-0.39, 0.29) is 13.1 Å². The number of hydrogen-bond donors (Lipinski definition) is 2. The molecule has 2 aromatic heterocycles. The molecule has 0 saturated carbocycles. The molecule has 0 atom stereocenters. The van der Waals surface area contributed by atoms with E-state index in [1.807, 2.05) is 0 Å². The Labute approximate surface area is 193 Å². The molecule has 3 aromatic rings. The van der Waals surface area contributed by atoms with Crippen molar-refractivity contribution in [2.45, 2.75) is 31.2 Å². The number of nitrogens with zero attached hydrogens (tertiary/aromatic N) is 4. The molecule has 0 radical (unpaired) electrons. The quantitative estimate of drug-likeness (QED) is 0.244. The van der Waals surface area contributed by atoms with E-state index in [1.54, 1.807) is 18.0 Å². The lowest BCUT2D eigenvalue weighted by Crippen LogP contribution is -2.29. The highest BCUT2D eigenvalue weighted by Gasteiger charge is 2.34. The van der Waals surface area contributed by atoms with Crippen LogP contribution in [0.3, 0.4) is 0 Å². The van der Waals surface area contributed by atoms with Crippen LogP contribution in [0.5, 0.6) is 0 Å². The summed E-state index contributed by atoms with van der Waals surface area (Å²) in [4.78, 5) is 21.5. The zero-order chi connectivity index (χ0) is 23.8. The third-order valence-electron chi connectivity index (χ3n) is 4.60. The fourth-order valence-electron chi connectivity index (χ4n) is 3.06. The Morgan fingerprint density at radius 1 is 1.21 bits per heavy atom. The van der Waals surface area contributed by atoms with Gasteiger partial charge in [-0.1, -0.05) is 30.8 Å². The average Bonchev–Trinajstić information content (AvgIpc) is 3.20. The van der Waals surface area contributed by atoms with Gasteiger partial charge in [-0.2, -0.15) is 18.3 Å². The van der Waals surface area contributed by atoms with Crippen LogP contribution >= 0.6 is 11.8 Å². The van der Waals surface area contributed by atoms with Gasteiger partial charge in [0.05, 0.1) is 35.9 Å². The minimum absolute atomic E-state index is 0.0790. The average molecular weight is 483 g/mol. The van der Waals surface area contributed by atoms with E-state index in [2.05, 4.69) is 32.6 Å². The van der Waals surface area contributed by atoms with Crippen molar-refractivity contribution in [3.05, 3.63) is 41.6 Å². The highest BCUT2D eigenvalue weighted by molar-refractivity contribution is 7.99. The number of carbonyl (C=O) groups excluding carboxylic acids is 1. The number of ether oxygens (including phenoxy) is 1. The number of hydrogen-bond acceptors (Lipinski definition) is 7. The van der Waals surface area contributed by atoms with Gasteiger partial charge in [0, 0.05) is 26.0 Å². The SMILES string of the molecule is CCCSc1nc(NCCOC)c2cnn(CCNC(=O)c3ccccc3C(F)(F)F)c2n1. The third kappa shape index (κ3) is 6.35. The molecule has 0 aliphatic rings. The van der Waals surface area contributed by atoms with Gasteiger partial charge in [-0.3, -0.25) is 4.79 Å². The fraction of sp³-hybridized carbons (Fsp3) is 0.429. The van der Waals surface area contributed by atoms with Gasteiger partial charge >= 0.3 is 6.18 Å². The number of aromatic nitrogens is 4. The van der Waals surface area contributed by atoms with Crippen LogP contribution < -0.4 is 10.6 Å². The summed E-state index contributed by atoms with van der Waals surface area (Å²) in [5.74, 6) is 0.686. The van der Waals surface area contributed by atoms with Gasteiger partial charge in [0.15, 0.2) is 10.8 Å². The van der Waals surface area contributed by atoms with Crippen molar-refractivity contribution >= 4 is 34.5 Å². The van der Waals surface area contributed by atoms with Crippen LogP contribution in [0.4, 0.5) is 19.0 Å². The molecule has 0 aliphatic carbocycles. The van der Waals surface area contributed by atoms with Gasteiger partial charge in [-0.25, -0.2) is 14.6 Å². The minimum Gasteiger partial charge on any atom is -0.383 e. The summed E-state index contributed by atoms with van der Waals surface area (Å²) in [5, 5.41) is 11.4. The van der Waals surface area contributed by atoms with Crippen molar-refractivity contribution in [2.24, 2.45) is 0 Å². The second kappa shape index (κ2) is 11.3. The number of alkyl halides is 3. The lowest BCUT2D eigenvalue weighted by Gasteiger charge is -2.13. The van der Waals surface area contributed by atoms with Crippen LogP contribution in [0.15, 0.2) is 35.6 Å². The van der Waals surface area contributed by atoms with Crippen LogP contribution in [0.25, 0.3) is 11.0 Å². The Hall–Kier alpha value is -2.86. The lowest BCUT2D eigenvalue weighted by molar-refractivity contribution is -0.137. The number of nitrogens with one attached hydrogen (secondary N) is 2. The standard InChI is InChI=1S/C21H25F3N6O2S/c1-3-12-33-20-28-17(25-9-11-32-2)15-13-27-30(18(15)29-20)10-8-26-19(31)14-6-4-5-7-16(14)21(22,23)24/h4-7,13H,3,8-12H2,1-2H3,(H,26,31)(H,25,28,29). The molecule has 0 fully saturated rings. The number of amides is 1. The molecule has 33 heavy (non-hydrogen) atoms. The number of benzene rings is 1. The topological polar surface area (TPSA) is 94.0 Å². The van der Waals surface area contributed by atoms with E-state index in [0.717, 1.165) is 24.3 Å². The first-order valence-electron chi connectivity index (χ1n) is 10.4. The zero-order valence-electron chi connectivity index (χ0n) is 18.3. The molecule has 0 aliphatic heterocycles. The van der Waals surface area contributed by atoms with Gasteiger partial charge in [0.1, 0.15) is 5.82 Å². The first-order valence-corrected chi connectivity index (χ1v) is 11.4. The van der Waals surface area contributed by atoms with E-state index in [0.29, 0.717) is 35.2 Å². The van der Waals surface area contributed by atoms with Crippen molar-refractivity contribution in [2.75, 3.05) is 37.9 Å². The lowest BCUT2D eigenvalue weighted by atomic mass is 10.1. The summed E-state index contributed by atoms with van der Waals surface area (Å²) in [6.45, 7) is 3.43. The number of rotatable bonds is 11. The van der Waals surface area contributed by atoms with Crippen molar-refractivity contribution in [1.82, 2.24) is 25.1 Å². The van der Waals surface area contributed by atoms with E-state index in [4.69, 9.17) is 4.74 Å². The van der Waals surface area contributed by atoms with Crippen LogP contribution in [0.1, 0.15) is 29.3 Å². The van der Waals surface area contributed by atoms with Gasteiger partial charge < -0.3 is 15.4 Å². The molecule has 0 spiro atoms. The molecule has 0 bridgehead atoms. The maximum absolute atomic E-state index is 13.2. The van der Waals surface area contributed by atoms with Crippen LogP contribution in [0.2, 0.25) is 0 Å². The molecular weight excluding hydrogens is 457 g/mol. The van der Waals surface area contributed by atoms with Crippen molar-refractivity contribution in [3.63, 3.8) is 0 Å². The molecule has 3 rings (SSSR count). The van der Waals surface area contributed by atoms with E-state index in [1.165, 1.54) is 23.9 Å². The fourth-order valence-corrected chi connectivity index (χ4v) is 3.76.